The summed E-state index contributed by atoms with van der Waals surface area (Å²) in [5.41, 5.74) is 0. The van der Waals surface area contributed by atoms with E-state index in [1.165, 1.54) is 40.0 Å². The van der Waals surface area contributed by atoms with Gasteiger partial charge in [-0.3, -0.25) is 24.5 Å². The lowest BCUT2D eigenvalue weighted by molar-refractivity contribution is -0.144. The summed E-state index contributed by atoms with van der Waals surface area (Å²) < 4.78 is 0. The van der Waals surface area contributed by atoms with Gasteiger partial charge in [-0.15, -0.1) is 0 Å². The molecule has 0 saturated carbocycles. The molecule has 0 aromatic rings. The minimum Gasteiger partial charge on any atom is -0.357 e. The monoisotopic (exact) mass is 569 g/mol. The van der Waals surface area contributed by atoms with Gasteiger partial charge < -0.3 is 25.8 Å². The van der Waals surface area contributed by atoms with Crippen LogP contribution in [0.3, 0.4) is 0 Å². The molecule has 0 unspecified atom stereocenters. The molecule has 0 saturated heterocycles. The van der Waals surface area contributed by atoms with Gasteiger partial charge in [-0.1, -0.05) is 41.5 Å². The second-order valence-corrected chi connectivity index (χ2v) is 11.3. The van der Waals surface area contributed by atoms with Crippen LogP contribution in [0.2, 0.25) is 0 Å². The molecule has 13 nitrogen and oxygen atoms in total. The van der Waals surface area contributed by atoms with Gasteiger partial charge in [0.15, 0.2) is 0 Å². The van der Waals surface area contributed by atoms with Gasteiger partial charge in [0, 0.05) is 28.2 Å². The molecule has 4 atom stereocenters. The number of nitrogens with zero attached hydrogens (tertiary/aromatic N) is 3. The minimum absolute atomic E-state index is 0.0209. The van der Waals surface area contributed by atoms with Crippen molar-refractivity contribution in [2.45, 2.75) is 85.5 Å². The van der Waals surface area contributed by atoms with E-state index < -0.39 is 54.0 Å². The van der Waals surface area contributed by atoms with E-state index in [2.05, 4.69) is 21.3 Å². The summed E-state index contributed by atoms with van der Waals surface area (Å²) in [6.07, 6.45) is 0.815. The second-order valence-electron chi connectivity index (χ2n) is 11.3. The summed E-state index contributed by atoms with van der Waals surface area (Å²) in [7, 11) is 7.27. The smallest absolute Gasteiger partial charge is 0.328 e. The van der Waals surface area contributed by atoms with E-state index in [0.717, 1.165) is 9.80 Å². The molecule has 8 amide bonds. The molecule has 0 aliphatic rings. The van der Waals surface area contributed by atoms with E-state index in [0.29, 0.717) is 12.8 Å². The van der Waals surface area contributed by atoms with Crippen molar-refractivity contribution in [2.24, 2.45) is 17.8 Å². The summed E-state index contributed by atoms with van der Waals surface area (Å²) >= 11 is 0. The molecular formula is C27H51N7O6. The van der Waals surface area contributed by atoms with Crippen molar-refractivity contribution >= 4 is 35.7 Å². The van der Waals surface area contributed by atoms with Gasteiger partial charge in [-0.05, 0) is 44.6 Å². The first-order chi connectivity index (χ1) is 18.4. The zero-order valence-electron chi connectivity index (χ0n) is 26.2. The fourth-order valence-electron chi connectivity index (χ4n) is 4.27. The van der Waals surface area contributed by atoms with Crippen LogP contribution in [-0.2, 0) is 19.2 Å². The Morgan fingerprint density at radius 1 is 0.700 bits per heavy atom. The molecule has 0 fully saturated rings. The number of rotatable bonds is 13. The lowest BCUT2D eigenvalue weighted by atomic mass is 9.98. The molecule has 230 valence electrons. The average molecular weight is 570 g/mol. The van der Waals surface area contributed by atoms with Crippen molar-refractivity contribution in [1.82, 2.24) is 36.0 Å². The third kappa shape index (κ3) is 10.7. The van der Waals surface area contributed by atoms with Crippen molar-refractivity contribution in [3.63, 3.8) is 0 Å². The molecule has 4 N–H and O–H groups in total. The lowest BCUT2D eigenvalue weighted by Gasteiger charge is -2.37. The molecule has 0 heterocycles. The normalized spacial score (nSPS) is 14.2. The van der Waals surface area contributed by atoms with Crippen LogP contribution in [0.4, 0.5) is 9.59 Å². The third-order valence-electron chi connectivity index (χ3n) is 6.60. The number of urea groups is 2. The Balaban J connectivity index is 5.61. The van der Waals surface area contributed by atoms with E-state index in [-0.39, 0.29) is 23.7 Å². The van der Waals surface area contributed by atoms with Gasteiger partial charge in [0.05, 0.1) is 6.04 Å². The number of imide groups is 2. The Hall–Kier alpha value is -3.22. The summed E-state index contributed by atoms with van der Waals surface area (Å²) in [5, 5.41) is 10.1. The molecule has 0 rings (SSSR count). The van der Waals surface area contributed by atoms with Gasteiger partial charge in [0.2, 0.25) is 23.6 Å². The highest BCUT2D eigenvalue weighted by Crippen LogP contribution is 2.18. The van der Waals surface area contributed by atoms with Crippen LogP contribution in [0.5, 0.6) is 0 Å². The number of hydrogen-bond donors (Lipinski definition) is 4. The van der Waals surface area contributed by atoms with Gasteiger partial charge in [0.1, 0.15) is 18.1 Å². The van der Waals surface area contributed by atoms with Crippen molar-refractivity contribution in [3.05, 3.63) is 0 Å². The molecule has 40 heavy (non-hydrogen) atoms. The molecule has 0 bridgehead atoms. The number of carbonyl (C=O) groups is 6. The minimum atomic E-state index is -1.12. The van der Waals surface area contributed by atoms with E-state index in [1.54, 1.807) is 7.05 Å². The maximum absolute atomic E-state index is 13.5. The maximum atomic E-state index is 13.5. The van der Waals surface area contributed by atoms with Crippen molar-refractivity contribution < 1.29 is 28.8 Å². The average Bonchev–Trinajstić information content (AvgIpc) is 2.87. The highest BCUT2D eigenvalue weighted by molar-refractivity contribution is 6.02. The lowest BCUT2D eigenvalue weighted by Crippen LogP contribution is -2.59. The molecule has 13 heteroatoms. The van der Waals surface area contributed by atoms with Crippen LogP contribution in [0.15, 0.2) is 0 Å². The quantitative estimate of drug-likeness (QED) is 0.257. The Morgan fingerprint density at radius 3 is 1.65 bits per heavy atom. The molecule has 0 aliphatic heterocycles. The van der Waals surface area contributed by atoms with Gasteiger partial charge >= 0.3 is 12.1 Å². The fraction of sp³-hybridized carbons (Fsp3) is 0.778. The zero-order valence-corrected chi connectivity index (χ0v) is 26.2. The van der Waals surface area contributed by atoms with Crippen LogP contribution >= 0.6 is 0 Å². The van der Waals surface area contributed by atoms with Crippen LogP contribution in [-0.4, -0.2) is 110 Å². The van der Waals surface area contributed by atoms with Gasteiger partial charge in [0.25, 0.3) is 0 Å². The van der Waals surface area contributed by atoms with E-state index in [1.807, 2.05) is 41.5 Å². The molecule has 0 radical (unpaired) electrons. The number of hydrogen-bond acceptors (Lipinski definition) is 7. The summed E-state index contributed by atoms with van der Waals surface area (Å²) in [6, 6.07) is -5.04. The van der Waals surface area contributed by atoms with Crippen LogP contribution in [0.1, 0.15) is 61.3 Å². The number of likely N-dealkylation sites (N-methyl/N-ethyl adjacent to an activating group) is 4. The molecular weight excluding hydrogens is 518 g/mol. The second kappa shape index (κ2) is 16.8. The van der Waals surface area contributed by atoms with Crippen LogP contribution in [0, 0.1) is 17.8 Å². The Bertz CT molecular complexity index is 908. The highest BCUT2D eigenvalue weighted by Gasteiger charge is 2.38. The van der Waals surface area contributed by atoms with Crippen molar-refractivity contribution in [1.29, 1.82) is 0 Å². The first-order valence-corrected chi connectivity index (χ1v) is 13.7. The number of nitrogens with one attached hydrogen (secondary N) is 4. The maximum Gasteiger partial charge on any atom is 0.328 e. The first-order valence-electron chi connectivity index (χ1n) is 13.7. The van der Waals surface area contributed by atoms with E-state index >= 15 is 0 Å². The number of carbonyl (C=O) groups excluding carboxylic acids is 6. The van der Waals surface area contributed by atoms with E-state index in [4.69, 9.17) is 0 Å². The SMILES string of the molecule is CNC(=O)[C@H](C(C)C)N(C)C(=O)[C@H](CC(C)C)N(C)C(=O)N(C)C(=O)N[C@H](C)C(=O)NC(=O)[C@H](CC(C)C)NC. The first kappa shape index (κ1) is 36.8. The Kier molecular flexibility index (Phi) is 15.4. The predicted octanol–water partition coefficient (Wildman–Crippen LogP) is 0.989. The van der Waals surface area contributed by atoms with Crippen LogP contribution < -0.4 is 21.3 Å². The highest BCUT2D eigenvalue weighted by atomic mass is 16.2. The topological polar surface area (TPSA) is 160 Å². The molecule has 0 aliphatic carbocycles. The molecule has 0 aromatic carbocycles. The summed E-state index contributed by atoms with van der Waals surface area (Å²) in [6.45, 7) is 12.7. The fourth-order valence-corrected chi connectivity index (χ4v) is 4.27. The Labute approximate surface area is 239 Å². The molecule has 0 spiro atoms. The van der Waals surface area contributed by atoms with Crippen LogP contribution in [0.25, 0.3) is 0 Å². The largest absolute Gasteiger partial charge is 0.357 e. The van der Waals surface area contributed by atoms with Gasteiger partial charge in [-0.25, -0.2) is 14.5 Å². The number of amides is 8. The predicted molar refractivity (Wildman–Crippen MR) is 153 cm³/mol. The zero-order chi connectivity index (χ0) is 31.5. The third-order valence-corrected chi connectivity index (χ3v) is 6.60. The Morgan fingerprint density at radius 2 is 1.23 bits per heavy atom. The summed E-state index contributed by atoms with van der Waals surface area (Å²) in [4.78, 5) is 80.4. The van der Waals surface area contributed by atoms with Crippen molar-refractivity contribution in [2.75, 3.05) is 35.2 Å². The molecule has 0 aromatic heterocycles. The van der Waals surface area contributed by atoms with Crippen molar-refractivity contribution in [3.8, 4) is 0 Å². The van der Waals surface area contributed by atoms with Gasteiger partial charge in [-0.2, -0.15) is 0 Å². The van der Waals surface area contributed by atoms with E-state index in [9.17, 15) is 28.8 Å². The summed E-state index contributed by atoms with van der Waals surface area (Å²) in [5.74, 6) is -1.94. The standard InChI is InChI=1S/C27H51N7O6/c1-15(2)13-19(28-8)23(36)31-22(35)18(7)30-26(39)34(12)27(40)32(10)20(14-16(3)4)25(38)33(11)21(17(5)6)24(37)29-9/h15-21,28H,13-14H2,1-12H3,(H,29,37)(H,30,39)(H,31,35,36)/t18-,19+,20+,21+/m1/s1.